The predicted octanol–water partition coefficient (Wildman–Crippen LogP) is 4.83. The molecule has 26 heavy (non-hydrogen) atoms. The van der Waals surface area contributed by atoms with E-state index < -0.39 is 6.04 Å². The minimum absolute atomic E-state index is 0.274. The van der Waals surface area contributed by atoms with Gasteiger partial charge in [0.25, 0.3) is 5.91 Å². The molecule has 0 spiro atoms. The molecule has 2 N–H and O–H groups in total. The van der Waals surface area contributed by atoms with Crippen molar-refractivity contribution in [2.45, 2.75) is 45.6 Å². The maximum Gasteiger partial charge on any atom is 0.253 e. The molecule has 1 atom stereocenters. The first-order chi connectivity index (χ1) is 12.5. The van der Waals surface area contributed by atoms with Gasteiger partial charge in [0.1, 0.15) is 6.04 Å². The fourth-order valence-electron chi connectivity index (χ4n) is 2.57. The Labute approximate surface area is 159 Å². The van der Waals surface area contributed by atoms with Gasteiger partial charge < -0.3 is 10.6 Å². The summed E-state index contributed by atoms with van der Waals surface area (Å²) in [6.45, 7) is 3.83. The normalized spacial score (nSPS) is 11.7. The van der Waals surface area contributed by atoms with Crippen molar-refractivity contribution in [3.8, 4) is 0 Å². The molecule has 0 saturated carbocycles. The summed E-state index contributed by atoms with van der Waals surface area (Å²) in [7, 11) is 0. The van der Waals surface area contributed by atoms with E-state index in [1.165, 1.54) is 24.8 Å². The number of amides is 2. The SMILES string of the molecule is CCCCCc1ccc(NC(=O)C(C)NC(=O)c2ccccc2Cl)cc1. The van der Waals surface area contributed by atoms with Gasteiger partial charge in [0, 0.05) is 5.69 Å². The van der Waals surface area contributed by atoms with Gasteiger partial charge in [-0.1, -0.05) is 55.6 Å². The molecule has 0 aliphatic rings. The lowest BCUT2D eigenvalue weighted by molar-refractivity contribution is -0.117. The van der Waals surface area contributed by atoms with Gasteiger partial charge in [0.15, 0.2) is 0 Å². The van der Waals surface area contributed by atoms with Crippen molar-refractivity contribution in [1.29, 1.82) is 0 Å². The summed E-state index contributed by atoms with van der Waals surface area (Å²) in [6.07, 6.45) is 4.65. The van der Waals surface area contributed by atoms with Crippen LogP contribution in [0.5, 0.6) is 0 Å². The summed E-state index contributed by atoms with van der Waals surface area (Å²) in [5, 5.41) is 5.85. The number of halogens is 1. The van der Waals surface area contributed by atoms with E-state index in [9.17, 15) is 9.59 Å². The number of nitrogens with one attached hydrogen (secondary N) is 2. The number of benzene rings is 2. The lowest BCUT2D eigenvalue weighted by Gasteiger charge is -2.15. The van der Waals surface area contributed by atoms with Crippen molar-refractivity contribution in [2.24, 2.45) is 0 Å². The van der Waals surface area contributed by atoms with E-state index in [-0.39, 0.29) is 11.8 Å². The maximum absolute atomic E-state index is 12.3. The Balaban J connectivity index is 1.88. The highest BCUT2D eigenvalue weighted by Gasteiger charge is 2.18. The number of carbonyl (C=O) groups is 2. The number of unbranched alkanes of at least 4 members (excludes halogenated alkanes) is 2. The minimum atomic E-state index is -0.678. The predicted molar refractivity (Wildman–Crippen MR) is 107 cm³/mol. The summed E-state index contributed by atoms with van der Waals surface area (Å²) >= 11 is 6.01. The van der Waals surface area contributed by atoms with Gasteiger partial charge in [0.2, 0.25) is 5.91 Å². The van der Waals surface area contributed by atoms with Crippen molar-refractivity contribution < 1.29 is 9.59 Å². The Bertz CT molecular complexity index is 744. The van der Waals surface area contributed by atoms with Crippen LogP contribution in [-0.4, -0.2) is 17.9 Å². The average Bonchev–Trinajstić information content (AvgIpc) is 2.63. The van der Waals surface area contributed by atoms with Crippen LogP contribution in [0.1, 0.15) is 49.0 Å². The molecule has 4 nitrogen and oxygen atoms in total. The van der Waals surface area contributed by atoms with Gasteiger partial charge in [-0.2, -0.15) is 0 Å². The number of carbonyl (C=O) groups excluding carboxylic acids is 2. The van der Waals surface area contributed by atoms with Crippen molar-refractivity contribution >= 4 is 29.1 Å². The van der Waals surface area contributed by atoms with Crippen LogP contribution in [0.15, 0.2) is 48.5 Å². The molecule has 0 fully saturated rings. The lowest BCUT2D eigenvalue weighted by atomic mass is 10.1. The number of anilines is 1. The molecule has 0 aliphatic heterocycles. The molecule has 138 valence electrons. The van der Waals surface area contributed by atoms with E-state index >= 15 is 0 Å². The summed E-state index contributed by atoms with van der Waals surface area (Å²) in [6, 6.07) is 13.9. The lowest BCUT2D eigenvalue weighted by Crippen LogP contribution is -2.41. The summed E-state index contributed by atoms with van der Waals surface area (Å²) in [5.41, 5.74) is 2.33. The third kappa shape index (κ3) is 5.88. The topological polar surface area (TPSA) is 58.2 Å². The van der Waals surface area contributed by atoms with E-state index in [2.05, 4.69) is 17.6 Å². The molecule has 2 aromatic rings. The van der Waals surface area contributed by atoms with E-state index in [1.54, 1.807) is 31.2 Å². The number of aryl methyl sites for hydroxylation is 1. The zero-order valence-corrected chi connectivity index (χ0v) is 16.0. The van der Waals surface area contributed by atoms with Crippen LogP contribution in [0.2, 0.25) is 5.02 Å². The fraction of sp³-hybridized carbons (Fsp3) is 0.333. The zero-order valence-electron chi connectivity index (χ0n) is 15.2. The van der Waals surface area contributed by atoms with Crippen molar-refractivity contribution in [3.05, 3.63) is 64.7 Å². The second kappa shape index (κ2) is 9.97. The highest BCUT2D eigenvalue weighted by Crippen LogP contribution is 2.15. The van der Waals surface area contributed by atoms with Crippen LogP contribution >= 0.6 is 11.6 Å². The van der Waals surface area contributed by atoms with Crippen LogP contribution in [-0.2, 0) is 11.2 Å². The molecule has 0 heterocycles. The molecular weight excluding hydrogens is 348 g/mol. The Morgan fingerprint density at radius 3 is 2.38 bits per heavy atom. The first-order valence-corrected chi connectivity index (χ1v) is 9.34. The largest absolute Gasteiger partial charge is 0.340 e. The third-order valence-electron chi connectivity index (χ3n) is 4.15. The Hall–Kier alpha value is -2.33. The summed E-state index contributed by atoms with van der Waals surface area (Å²) in [5.74, 6) is -0.645. The molecule has 1 unspecified atom stereocenters. The first kappa shape index (κ1) is 20.0. The fourth-order valence-corrected chi connectivity index (χ4v) is 2.79. The molecule has 0 bridgehead atoms. The number of hydrogen-bond donors (Lipinski definition) is 2. The number of rotatable bonds is 8. The average molecular weight is 373 g/mol. The van der Waals surface area contributed by atoms with Gasteiger partial charge in [-0.15, -0.1) is 0 Å². The second-order valence-corrected chi connectivity index (χ2v) is 6.73. The standard InChI is InChI=1S/C21H25ClN2O2/c1-3-4-5-8-16-11-13-17(14-12-16)24-20(25)15(2)23-21(26)18-9-6-7-10-19(18)22/h6-7,9-15H,3-5,8H2,1-2H3,(H,23,26)(H,24,25). The van der Waals surface area contributed by atoms with Crippen LogP contribution < -0.4 is 10.6 Å². The smallest absolute Gasteiger partial charge is 0.253 e. The molecule has 2 aromatic carbocycles. The zero-order chi connectivity index (χ0) is 18.9. The van der Waals surface area contributed by atoms with Crippen molar-refractivity contribution in [1.82, 2.24) is 5.32 Å². The summed E-state index contributed by atoms with van der Waals surface area (Å²) in [4.78, 5) is 24.5. The van der Waals surface area contributed by atoms with Crippen LogP contribution in [0.4, 0.5) is 5.69 Å². The van der Waals surface area contributed by atoms with E-state index in [0.717, 1.165) is 6.42 Å². The van der Waals surface area contributed by atoms with Gasteiger partial charge in [0.05, 0.1) is 10.6 Å². The highest BCUT2D eigenvalue weighted by atomic mass is 35.5. The summed E-state index contributed by atoms with van der Waals surface area (Å²) < 4.78 is 0. The quantitative estimate of drug-likeness (QED) is 0.652. The first-order valence-electron chi connectivity index (χ1n) is 8.96. The molecule has 2 amide bonds. The van der Waals surface area contributed by atoms with E-state index in [1.807, 2.05) is 24.3 Å². The molecule has 2 rings (SSSR count). The van der Waals surface area contributed by atoms with Crippen LogP contribution in [0.3, 0.4) is 0 Å². The molecule has 0 saturated heterocycles. The van der Waals surface area contributed by atoms with E-state index in [4.69, 9.17) is 11.6 Å². The maximum atomic E-state index is 12.3. The van der Waals surface area contributed by atoms with E-state index in [0.29, 0.717) is 16.3 Å². The minimum Gasteiger partial charge on any atom is -0.340 e. The third-order valence-corrected chi connectivity index (χ3v) is 4.48. The monoisotopic (exact) mass is 372 g/mol. The highest BCUT2D eigenvalue weighted by molar-refractivity contribution is 6.33. The molecule has 0 aromatic heterocycles. The molecule has 0 radical (unpaired) electrons. The Morgan fingerprint density at radius 1 is 1.04 bits per heavy atom. The second-order valence-electron chi connectivity index (χ2n) is 6.32. The molecular formula is C21H25ClN2O2. The number of hydrogen-bond acceptors (Lipinski definition) is 2. The van der Waals surface area contributed by atoms with Gasteiger partial charge in [-0.3, -0.25) is 9.59 Å². The Morgan fingerprint density at radius 2 is 1.73 bits per heavy atom. The van der Waals surface area contributed by atoms with Crippen molar-refractivity contribution in [2.75, 3.05) is 5.32 Å². The van der Waals surface area contributed by atoms with Crippen LogP contribution in [0.25, 0.3) is 0 Å². The Kier molecular flexibility index (Phi) is 7.67. The molecule has 5 heteroatoms. The van der Waals surface area contributed by atoms with Gasteiger partial charge in [-0.05, 0) is 49.6 Å². The van der Waals surface area contributed by atoms with Crippen molar-refractivity contribution in [3.63, 3.8) is 0 Å². The van der Waals surface area contributed by atoms with Gasteiger partial charge >= 0.3 is 0 Å². The van der Waals surface area contributed by atoms with Crippen LogP contribution in [0, 0.1) is 0 Å². The molecule has 0 aliphatic carbocycles. The van der Waals surface area contributed by atoms with Gasteiger partial charge in [-0.25, -0.2) is 0 Å².